The fraction of sp³-hybridized carbons (Fsp3) is 0.360. The maximum absolute atomic E-state index is 5.43. The van der Waals surface area contributed by atoms with Gasteiger partial charge in [0.25, 0.3) is 0 Å². The molecule has 2 aromatic carbocycles. The van der Waals surface area contributed by atoms with Gasteiger partial charge in [-0.05, 0) is 37.1 Å². The van der Waals surface area contributed by atoms with Crippen LogP contribution in [0.3, 0.4) is 0 Å². The van der Waals surface area contributed by atoms with Crippen molar-refractivity contribution in [3.8, 4) is 17.2 Å². The average Bonchev–Trinajstić information content (AvgIpc) is 3.55. The van der Waals surface area contributed by atoms with Gasteiger partial charge in [0.05, 0.1) is 26.5 Å². The molecule has 0 saturated carbocycles. The van der Waals surface area contributed by atoms with Crippen molar-refractivity contribution >= 4 is 11.6 Å². The smallest absolute Gasteiger partial charge is 0.191 e. The molecule has 1 aliphatic rings. The Morgan fingerprint density at radius 3 is 2.48 bits per heavy atom. The summed E-state index contributed by atoms with van der Waals surface area (Å²) < 4.78 is 12.7. The van der Waals surface area contributed by atoms with Crippen LogP contribution in [0.4, 0.5) is 5.69 Å². The summed E-state index contributed by atoms with van der Waals surface area (Å²) >= 11 is 0. The van der Waals surface area contributed by atoms with Crippen molar-refractivity contribution in [1.29, 1.82) is 0 Å². The van der Waals surface area contributed by atoms with E-state index >= 15 is 0 Å². The van der Waals surface area contributed by atoms with E-state index in [9.17, 15) is 0 Å². The Hall–Kier alpha value is -3.68. The number of guanidine groups is 1. The lowest BCUT2D eigenvalue weighted by Gasteiger charge is -2.21. The van der Waals surface area contributed by atoms with E-state index in [-0.39, 0.29) is 0 Å². The topological polar surface area (TPSA) is 75.9 Å². The van der Waals surface area contributed by atoms with Crippen LogP contribution in [0, 0.1) is 0 Å². The first-order valence-corrected chi connectivity index (χ1v) is 11.3. The molecule has 2 N–H and O–H groups in total. The molecule has 0 radical (unpaired) electrons. The summed E-state index contributed by atoms with van der Waals surface area (Å²) in [5.74, 6) is 2.44. The third-order valence-electron chi connectivity index (χ3n) is 5.70. The molecular weight excluding hydrogens is 416 g/mol. The summed E-state index contributed by atoms with van der Waals surface area (Å²) in [4.78, 5) is 7.15. The molecule has 8 heteroatoms. The van der Waals surface area contributed by atoms with E-state index in [1.54, 1.807) is 20.4 Å². The highest BCUT2D eigenvalue weighted by atomic mass is 16.5. The van der Waals surface area contributed by atoms with Crippen LogP contribution in [-0.4, -0.2) is 55.6 Å². The fourth-order valence-electron chi connectivity index (χ4n) is 3.95. The molecule has 1 fully saturated rings. The van der Waals surface area contributed by atoms with Gasteiger partial charge >= 0.3 is 0 Å². The van der Waals surface area contributed by atoms with Gasteiger partial charge in [0.1, 0.15) is 11.5 Å². The monoisotopic (exact) mass is 448 g/mol. The summed E-state index contributed by atoms with van der Waals surface area (Å²) in [7, 11) is 3.36. The Morgan fingerprint density at radius 1 is 1.09 bits per heavy atom. The first-order chi connectivity index (χ1) is 16.2. The number of hydrogen-bond acceptors (Lipinski definition) is 5. The Morgan fingerprint density at radius 2 is 1.85 bits per heavy atom. The molecular formula is C25H32N6O2. The minimum absolute atomic E-state index is 0.308. The van der Waals surface area contributed by atoms with Gasteiger partial charge in [-0.3, -0.25) is 0 Å². The van der Waals surface area contributed by atoms with E-state index in [0.29, 0.717) is 12.6 Å². The Bertz CT molecular complexity index is 1030. The fourth-order valence-corrected chi connectivity index (χ4v) is 3.95. The number of nitrogens with zero attached hydrogens (tertiary/aromatic N) is 4. The van der Waals surface area contributed by atoms with E-state index in [1.165, 1.54) is 0 Å². The number of methoxy groups -OCH3 is 2. The molecule has 1 atom stereocenters. The number of rotatable bonds is 8. The number of aromatic nitrogens is 2. The van der Waals surface area contributed by atoms with Crippen molar-refractivity contribution in [3.63, 3.8) is 0 Å². The molecule has 1 aromatic heterocycles. The predicted molar refractivity (Wildman–Crippen MR) is 132 cm³/mol. The van der Waals surface area contributed by atoms with Crippen LogP contribution in [0.15, 0.2) is 65.9 Å². The van der Waals surface area contributed by atoms with Gasteiger partial charge < -0.3 is 25.0 Å². The second kappa shape index (κ2) is 10.8. The van der Waals surface area contributed by atoms with Gasteiger partial charge in [-0.2, -0.15) is 5.10 Å². The Kier molecular flexibility index (Phi) is 7.34. The molecule has 0 aliphatic carbocycles. The number of benzene rings is 2. The lowest BCUT2D eigenvalue weighted by molar-refractivity contribution is 0.394. The predicted octanol–water partition coefficient (Wildman–Crippen LogP) is 3.22. The van der Waals surface area contributed by atoms with Crippen LogP contribution >= 0.6 is 0 Å². The molecule has 2 heterocycles. The lowest BCUT2D eigenvalue weighted by atomic mass is 10.2. The molecule has 1 aliphatic heterocycles. The second-order valence-electron chi connectivity index (χ2n) is 7.96. The maximum atomic E-state index is 5.43. The zero-order valence-corrected chi connectivity index (χ0v) is 19.5. The molecule has 8 nitrogen and oxygen atoms in total. The van der Waals surface area contributed by atoms with Crippen molar-refractivity contribution in [2.45, 2.75) is 25.9 Å². The lowest BCUT2D eigenvalue weighted by Crippen LogP contribution is -2.44. The largest absolute Gasteiger partial charge is 0.497 e. The van der Waals surface area contributed by atoms with Gasteiger partial charge in [0.2, 0.25) is 0 Å². The zero-order chi connectivity index (χ0) is 23.0. The van der Waals surface area contributed by atoms with E-state index in [0.717, 1.165) is 60.5 Å². The number of nitrogens with one attached hydrogen (secondary N) is 2. The first-order valence-electron chi connectivity index (χ1n) is 11.3. The zero-order valence-electron chi connectivity index (χ0n) is 19.5. The van der Waals surface area contributed by atoms with Crippen molar-refractivity contribution in [2.24, 2.45) is 4.99 Å². The van der Waals surface area contributed by atoms with Gasteiger partial charge in [0, 0.05) is 62.0 Å². The quantitative estimate of drug-likeness (QED) is 0.407. The van der Waals surface area contributed by atoms with Crippen molar-refractivity contribution in [2.75, 3.05) is 38.8 Å². The highest BCUT2D eigenvalue weighted by Gasteiger charge is 2.24. The Labute approximate surface area is 195 Å². The van der Waals surface area contributed by atoms with Gasteiger partial charge in [-0.15, -0.1) is 0 Å². The van der Waals surface area contributed by atoms with E-state index < -0.39 is 0 Å². The number of anilines is 1. The normalized spacial score (nSPS) is 16.0. The summed E-state index contributed by atoms with van der Waals surface area (Å²) in [6.07, 6.45) is 4.75. The molecule has 0 amide bonds. The van der Waals surface area contributed by atoms with Crippen LogP contribution in [-0.2, 0) is 6.54 Å². The van der Waals surface area contributed by atoms with Gasteiger partial charge in [-0.1, -0.05) is 12.1 Å². The third kappa shape index (κ3) is 5.77. The van der Waals surface area contributed by atoms with E-state index in [1.807, 2.05) is 23.0 Å². The Balaban J connectivity index is 1.37. The summed E-state index contributed by atoms with van der Waals surface area (Å²) in [6, 6.07) is 16.5. The molecule has 0 spiro atoms. The molecule has 4 rings (SSSR count). The average molecular weight is 449 g/mol. The van der Waals surface area contributed by atoms with Gasteiger partial charge in [-0.25, -0.2) is 9.67 Å². The minimum Gasteiger partial charge on any atom is -0.497 e. The van der Waals surface area contributed by atoms with Crippen LogP contribution < -0.4 is 25.0 Å². The molecule has 3 aromatic rings. The van der Waals surface area contributed by atoms with E-state index in [4.69, 9.17) is 14.5 Å². The summed E-state index contributed by atoms with van der Waals surface area (Å²) in [6.45, 7) is 5.35. The van der Waals surface area contributed by atoms with Crippen molar-refractivity contribution in [3.05, 3.63) is 66.5 Å². The molecule has 0 bridgehead atoms. The molecule has 1 unspecified atom stereocenters. The molecule has 174 valence electrons. The maximum Gasteiger partial charge on any atom is 0.191 e. The number of hydrogen-bond donors (Lipinski definition) is 2. The van der Waals surface area contributed by atoms with Gasteiger partial charge in [0.15, 0.2) is 5.96 Å². The van der Waals surface area contributed by atoms with E-state index in [2.05, 4.69) is 64.0 Å². The second-order valence-corrected chi connectivity index (χ2v) is 7.96. The number of aliphatic imine (C=N–C) groups is 1. The van der Waals surface area contributed by atoms with Crippen LogP contribution in [0.25, 0.3) is 5.69 Å². The number of ether oxygens (including phenoxy) is 2. The summed E-state index contributed by atoms with van der Waals surface area (Å²) in [5, 5.41) is 11.2. The summed E-state index contributed by atoms with van der Waals surface area (Å²) in [5.41, 5.74) is 3.30. The van der Waals surface area contributed by atoms with Crippen LogP contribution in [0.1, 0.15) is 18.9 Å². The highest BCUT2D eigenvalue weighted by molar-refractivity contribution is 5.80. The van der Waals surface area contributed by atoms with Crippen molar-refractivity contribution < 1.29 is 9.47 Å². The minimum atomic E-state index is 0.308. The standard InChI is InChI=1S/C25H32N6O2/c1-4-26-25(27-17-19-6-8-21(9-7-19)31-12-5-11-28-31)29-20-10-13-30(18-20)22-14-23(32-2)16-24(15-22)33-3/h5-9,11-12,14-16,20H,4,10,13,17-18H2,1-3H3,(H2,26,27,29). The SMILES string of the molecule is CCNC(=NCc1ccc(-n2cccn2)cc1)NC1CCN(c2cc(OC)cc(OC)c2)C1. The third-order valence-corrected chi connectivity index (χ3v) is 5.70. The van der Waals surface area contributed by atoms with Crippen LogP contribution in [0.5, 0.6) is 11.5 Å². The first kappa shape index (κ1) is 22.5. The molecule has 33 heavy (non-hydrogen) atoms. The van der Waals surface area contributed by atoms with Crippen molar-refractivity contribution in [1.82, 2.24) is 20.4 Å². The molecule has 1 saturated heterocycles. The van der Waals surface area contributed by atoms with Crippen LogP contribution in [0.2, 0.25) is 0 Å². The highest BCUT2D eigenvalue weighted by Crippen LogP contribution is 2.30.